The summed E-state index contributed by atoms with van der Waals surface area (Å²) in [6.07, 6.45) is 5.74. The van der Waals surface area contributed by atoms with Gasteiger partial charge in [0.2, 0.25) is 21.8 Å². The van der Waals surface area contributed by atoms with E-state index in [4.69, 9.17) is 4.74 Å². The van der Waals surface area contributed by atoms with Crippen LogP contribution >= 0.6 is 0 Å². The van der Waals surface area contributed by atoms with E-state index in [9.17, 15) is 18.0 Å². The largest absolute Gasteiger partial charge is 0.497 e. The molecule has 0 bridgehead atoms. The number of benzene rings is 2. The van der Waals surface area contributed by atoms with Crippen molar-refractivity contribution in [2.45, 2.75) is 71.0 Å². The molecule has 2 amide bonds. The molecule has 37 heavy (non-hydrogen) atoms. The molecule has 2 aromatic rings. The number of carbonyl (C=O) groups is 2. The third-order valence-corrected chi connectivity index (χ3v) is 8.05. The Bertz CT molecular complexity index is 1140. The normalized spacial score (nSPS) is 14.7. The first-order valence-electron chi connectivity index (χ1n) is 12.9. The van der Waals surface area contributed by atoms with Crippen LogP contribution in [-0.4, -0.2) is 57.1 Å². The number of ether oxygens (including phenoxy) is 1. The topological polar surface area (TPSA) is 96.0 Å². The maximum Gasteiger partial charge on any atom is 0.242 e. The molecule has 1 saturated carbocycles. The molecule has 0 saturated heterocycles. The van der Waals surface area contributed by atoms with Crippen LogP contribution < -0.4 is 14.4 Å². The van der Waals surface area contributed by atoms with Crippen LogP contribution in [0.4, 0.5) is 5.69 Å². The lowest BCUT2D eigenvalue weighted by atomic mass is 10.1. The minimum Gasteiger partial charge on any atom is -0.497 e. The first-order chi connectivity index (χ1) is 17.6. The molecule has 2 aromatic carbocycles. The second-order valence-corrected chi connectivity index (χ2v) is 11.7. The number of nitrogens with zero attached hydrogens (tertiary/aromatic N) is 2. The highest BCUT2D eigenvalue weighted by atomic mass is 32.2. The van der Waals surface area contributed by atoms with Crippen molar-refractivity contribution in [1.29, 1.82) is 0 Å². The zero-order valence-corrected chi connectivity index (χ0v) is 23.1. The first-order valence-corrected chi connectivity index (χ1v) is 14.7. The molecular weight excluding hydrogens is 490 g/mol. The number of aryl methyl sites for hydroxylation is 1. The van der Waals surface area contributed by atoms with Crippen LogP contribution in [0.5, 0.6) is 5.75 Å². The third kappa shape index (κ3) is 8.21. The molecule has 0 radical (unpaired) electrons. The molecule has 202 valence electrons. The molecule has 3 rings (SSSR count). The summed E-state index contributed by atoms with van der Waals surface area (Å²) in [4.78, 5) is 28.1. The van der Waals surface area contributed by atoms with Gasteiger partial charge in [0.15, 0.2) is 0 Å². The monoisotopic (exact) mass is 529 g/mol. The van der Waals surface area contributed by atoms with Crippen molar-refractivity contribution < 1.29 is 22.7 Å². The van der Waals surface area contributed by atoms with Gasteiger partial charge in [-0.25, -0.2) is 8.42 Å². The Morgan fingerprint density at radius 2 is 1.68 bits per heavy atom. The Hall–Kier alpha value is -3.07. The van der Waals surface area contributed by atoms with E-state index in [0.29, 0.717) is 24.4 Å². The fourth-order valence-electron chi connectivity index (χ4n) is 4.62. The molecule has 9 heteroatoms. The van der Waals surface area contributed by atoms with E-state index >= 15 is 0 Å². The fourth-order valence-corrected chi connectivity index (χ4v) is 5.58. The van der Waals surface area contributed by atoms with Crippen molar-refractivity contribution in [2.24, 2.45) is 0 Å². The average molecular weight is 530 g/mol. The number of rotatable bonds is 12. The van der Waals surface area contributed by atoms with Crippen LogP contribution in [0, 0.1) is 6.92 Å². The SMILES string of the molecule is COc1ccc(N(CCCC(=O)N(Cc2ccc(C)cc2)C(C)C(=O)NC2CCCC2)S(C)(=O)=O)cc1. The molecule has 1 fully saturated rings. The number of anilines is 1. The first kappa shape index (κ1) is 28.5. The van der Waals surface area contributed by atoms with Gasteiger partial charge in [-0.3, -0.25) is 13.9 Å². The van der Waals surface area contributed by atoms with Gasteiger partial charge in [0.05, 0.1) is 19.1 Å². The molecule has 0 heterocycles. The molecule has 0 aromatic heterocycles. The molecule has 1 atom stereocenters. The quantitative estimate of drug-likeness (QED) is 0.448. The standard InChI is InChI=1S/C28H39N3O5S/c1-21-11-13-23(14-12-21)20-30(22(2)28(33)29-24-8-5-6-9-24)27(32)10-7-19-31(37(4,34)35)25-15-17-26(36-3)18-16-25/h11-18,22,24H,5-10,19-20H2,1-4H3,(H,29,33). The van der Waals surface area contributed by atoms with Crippen LogP contribution in [0.2, 0.25) is 0 Å². The molecular formula is C28H39N3O5S. The predicted octanol–water partition coefficient (Wildman–Crippen LogP) is 4.03. The van der Waals surface area contributed by atoms with Gasteiger partial charge in [0.25, 0.3) is 0 Å². The molecule has 1 aliphatic rings. The van der Waals surface area contributed by atoms with Gasteiger partial charge < -0.3 is 15.0 Å². The van der Waals surface area contributed by atoms with Gasteiger partial charge in [-0.2, -0.15) is 0 Å². The van der Waals surface area contributed by atoms with Gasteiger partial charge in [0.1, 0.15) is 11.8 Å². The van der Waals surface area contributed by atoms with Crippen molar-refractivity contribution in [2.75, 3.05) is 24.2 Å². The van der Waals surface area contributed by atoms with Crippen molar-refractivity contribution in [1.82, 2.24) is 10.2 Å². The molecule has 1 N–H and O–H groups in total. The van der Waals surface area contributed by atoms with E-state index in [1.807, 2.05) is 31.2 Å². The minimum absolute atomic E-state index is 0.120. The maximum absolute atomic E-state index is 13.4. The Morgan fingerprint density at radius 1 is 1.05 bits per heavy atom. The van der Waals surface area contributed by atoms with Crippen molar-refractivity contribution >= 4 is 27.5 Å². The lowest BCUT2D eigenvalue weighted by molar-refractivity contribution is -0.141. The highest BCUT2D eigenvalue weighted by molar-refractivity contribution is 7.92. The summed E-state index contributed by atoms with van der Waals surface area (Å²) >= 11 is 0. The van der Waals surface area contributed by atoms with Crippen molar-refractivity contribution in [3.63, 3.8) is 0 Å². The van der Waals surface area contributed by atoms with E-state index in [-0.39, 0.29) is 30.8 Å². The number of nitrogens with one attached hydrogen (secondary N) is 1. The lowest BCUT2D eigenvalue weighted by Crippen LogP contribution is -2.49. The summed E-state index contributed by atoms with van der Waals surface area (Å²) in [7, 11) is -2.00. The zero-order valence-electron chi connectivity index (χ0n) is 22.3. The second kappa shape index (κ2) is 12.9. The van der Waals surface area contributed by atoms with Gasteiger partial charge >= 0.3 is 0 Å². The van der Waals surface area contributed by atoms with E-state index in [2.05, 4.69) is 5.32 Å². The molecule has 1 aliphatic carbocycles. The summed E-state index contributed by atoms with van der Waals surface area (Å²) in [6.45, 7) is 4.22. The van der Waals surface area contributed by atoms with E-state index in [1.54, 1.807) is 43.2 Å². The summed E-state index contributed by atoms with van der Waals surface area (Å²) in [5.41, 5.74) is 2.57. The van der Waals surface area contributed by atoms with Crippen LogP contribution in [-0.2, 0) is 26.2 Å². The molecule has 8 nitrogen and oxygen atoms in total. The smallest absolute Gasteiger partial charge is 0.242 e. The van der Waals surface area contributed by atoms with Crippen molar-refractivity contribution in [3.8, 4) is 5.75 Å². The van der Waals surface area contributed by atoms with Gasteiger partial charge in [0, 0.05) is 25.6 Å². The maximum atomic E-state index is 13.4. The summed E-state index contributed by atoms with van der Waals surface area (Å²) in [6, 6.07) is 14.2. The number of hydrogen-bond acceptors (Lipinski definition) is 5. The number of sulfonamides is 1. The lowest BCUT2D eigenvalue weighted by Gasteiger charge is -2.30. The second-order valence-electron chi connectivity index (χ2n) is 9.81. The molecule has 0 aliphatic heterocycles. The number of methoxy groups -OCH3 is 1. The number of amides is 2. The predicted molar refractivity (Wildman–Crippen MR) is 146 cm³/mol. The Labute approximate surface area is 221 Å². The highest BCUT2D eigenvalue weighted by Crippen LogP contribution is 2.23. The average Bonchev–Trinajstić information content (AvgIpc) is 3.38. The molecule has 1 unspecified atom stereocenters. The molecule has 0 spiro atoms. The van der Waals surface area contributed by atoms with Crippen LogP contribution in [0.25, 0.3) is 0 Å². The van der Waals surface area contributed by atoms with Crippen LogP contribution in [0.3, 0.4) is 0 Å². The number of carbonyl (C=O) groups excluding carboxylic acids is 2. The Kier molecular flexibility index (Phi) is 9.97. The number of hydrogen-bond donors (Lipinski definition) is 1. The minimum atomic E-state index is -3.55. The van der Waals surface area contributed by atoms with Gasteiger partial charge in [-0.15, -0.1) is 0 Å². The van der Waals surface area contributed by atoms with Gasteiger partial charge in [-0.05, 0) is 62.9 Å². The van der Waals surface area contributed by atoms with Crippen LogP contribution in [0.15, 0.2) is 48.5 Å². The van der Waals surface area contributed by atoms with Crippen molar-refractivity contribution in [3.05, 3.63) is 59.7 Å². The summed E-state index contributed by atoms with van der Waals surface area (Å²) in [5, 5.41) is 3.10. The zero-order chi connectivity index (χ0) is 27.0. The van der Waals surface area contributed by atoms with E-state index in [1.165, 1.54) is 4.31 Å². The van der Waals surface area contributed by atoms with Gasteiger partial charge in [-0.1, -0.05) is 42.7 Å². The summed E-state index contributed by atoms with van der Waals surface area (Å²) < 4.78 is 31.4. The Balaban J connectivity index is 1.70. The summed E-state index contributed by atoms with van der Waals surface area (Å²) in [5.74, 6) is 0.296. The van der Waals surface area contributed by atoms with E-state index in [0.717, 1.165) is 43.1 Å². The third-order valence-electron chi connectivity index (χ3n) is 6.85. The Morgan fingerprint density at radius 3 is 2.24 bits per heavy atom. The fraction of sp³-hybridized carbons (Fsp3) is 0.500. The van der Waals surface area contributed by atoms with Crippen LogP contribution in [0.1, 0.15) is 56.6 Å². The van der Waals surface area contributed by atoms with E-state index < -0.39 is 16.1 Å². The highest BCUT2D eigenvalue weighted by Gasteiger charge is 2.28.